The minimum absolute atomic E-state index is 0.0688. The Hall–Kier alpha value is -2.37. The van der Waals surface area contributed by atoms with Gasteiger partial charge < -0.3 is 10.4 Å². The lowest BCUT2D eigenvalue weighted by molar-refractivity contribution is 0.475. The Bertz CT molecular complexity index is 942. The second kappa shape index (κ2) is 5.68. The van der Waals surface area contributed by atoms with E-state index in [4.69, 9.17) is 11.6 Å². The van der Waals surface area contributed by atoms with Gasteiger partial charge in [-0.1, -0.05) is 41.9 Å². The Morgan fingerprint density at radius 1 is 1.04 bits per heavy atom. The van der Waals surface area contributed by atoms with Gasteiger partial charge >= 0.3 is 0 Å². The predicted molar refractivity (Wildman–Crippen MR) is 96.8 cm³/mol. The number of rotatable bonds is 1. The van der Waals surface area contributed by atoms with Crippen LogP contribution >= 0.6 is 23.5 Å². The summed E-state index contributed by atoms with van der Waals surface area (Å²) >= 11 is 7.30. The number of nitrogens with zero attached hydrogens (tertiary/aromatic N) is 1. The van der Waals surface area contributed by atoms with E-state index < -0.39 is 0 Å². The van der Waals surface area contributed by atoms with Crippen molar-refractivity contribution in [1.82, 2.24) is 4.72 Å². The van der Waals surface area contributed by atoms with Crippen molar-refractivity contribution in [2.45, 2.75) is 4.90 Å². The summed E-state index contributed by atoms with van der Waals surface area (Å²) in [5.41, 5.74) is 1.44. The highest BCUT2D eigenvalue weighted by Crippen LogP contribution is 2.41. The molecule has 0 amide bonds. The summed E-state index contributed by atoms with van der Waals surface area (Å²) in [6.45, 7) is 0. The van der Waals surface area contributed by atoms with Crippen molar-refractivity contribution in [1.29, 1.82) is 0 Å². The van der Waals surface area contributed by atoms with Crippen LogP contribution in [0.3, 0.4) is 0 Å². The molecule has 4 nitrogen and oxygen atoms in total. The number of aromatic hydroxyl groups is 1. The number of guanidine groups is 1. The summed E-state index contributed by atoms with van der Waals surface area (Å²) < 4.78 is 3.11. The summed E-state index contributed by atoms with van der Waals surface area (Å²) in [5, 5.41) is 16.0. The third-order valence-electron chi connectivity index (χ3n) is 3.51. The zero-order chi connectivity index (χ0) is 15.8. The van der Waals surface area contributed by atoms with E-state index in [0.29, 0.717) is 16.7 Å². The molecule has 0 radical (unpaired) electrons. The van der Waals surface area contributed by atoms with Gasteiger partial charge in [-0.05, 0) is 40.9 Å². The van der Waals surface area contributed by atoms with Crippen molar-refractivity contribution in [3.05, 3.63) is 59.6 Å². The lowest BCUT2D eigenvalue weighted by Crippen LogP contribution is -2.26. The molecule has 0 saturated carbocycles. The molecule has 1 heterocycles. The Kier molecular flexibility index (Phi) is 3.52. The minimum atomic E-state index is 0.0688. The van der Waals surface area contributed by atoms with Gasteiger partial charge in [0.05, 0.1) is 4.90 Å². The number of phenols is 1. The number of benzene rings is 3. The quantitative estimate of drug-likeness (QED) is 0.550. The van der Waals surface area contributed by atoms with Gasteiger partial charge in [-0.3, -0.25) is 4.72 Å². The average Bonchev–Trinajstić information content (AvgIpc) is 2.55. The van der Waals surface area contributed by atoms with Crippen molar-refractivity contribution in [2.75, 3.05) is 5.32 Å². The van der Waals surface area contributed by atoms with Gasteiger partial charge in [0.25, 0.3) is 0 Å². The highest BCUT2D eigenvalue weighted by molar-refractivity contribution is 7.98. The predicted octanol–water partition coefficient (Wildman–Crippen LogP) is 4.91. The molecule has 3 N–H and O–H groups in total. The molecule has 1 aliphatic rings. The van der Waals surface area contributed by atoms with Crippen molar-refractivity contribution >= 4 is 51.7 Å². The van der Waals surface area contributed by atoms with E-state index in [9.17, 15) is 5.11 Å². The molecule has 114 valence electrons. The number of fused-ring (bicyclic) bond motifs is 2. The number of hydrogen-bond acceptors (Lipinski definition) is 5. The van der Waals surface area contributed by atoms with Crippen LogP contribution in [0.4, 0.5) is 11.4 Å². The van der Waals surface area contributed by atoms with Gasteiger partial charge in [-0.15, -0.1) is 0 Å². The third-order valence-corrected chi connectivity index (χ3v) is 4.56. The normalized spacial score (nSPS) is 13.2. The van der Waals surface area contributed by atoms with Crippen LogP contribution in [0.1, 0.15) is 0 Å². The Morgan fingerprint density at radius 3 is 2.74 bits per heavy atom. The molecule has 0 atom stereocenters. The van der Waals surface area contributed by atoms with Crippen LogP contribution in [0.25, 0.3) is 10.8 Å². The Balaban J connectivity index is 1.66. The van der Waals surface area contributed by atoms with E-state index in [0.717, 1.165) is 16.0 Å². The Labute approximate surface area is 142 Å². The molecule has 4 rings (SSSR count). The van der Waals surface area contributed by atoms with E-state index in [2.05, 4.69) is 39.3 Å². The molecule has 0 aromatic heterocycles. The summed E-state index contributed by atoms with van der Waals surface area (Å²) in [6, 6.07) is 17.5. The van der Waals surface area contributed by atoms with Gasteiger partial charge in [0.15, 0.2) is 0 Å². The average molecular weight is 342 g/mol. The third kappa shape index (κ3) is 2.81. The zero-order valence-corrected chi connectivity index (χ0v) is 13.4. The standard InChI is InChI=1S/C17H12ClN3OS/c18-12-8-14(22)16-15(9-12)23-21-17(20-16)19-13-6-5-10-3-1-2-4-11(10)7-13/h1-9,22H,(H2,19,20,21). The van der Waals surface area contributed by atoms with Crippen LogP contribution in [0.2, 0.25) is 5.02 Å². The maximum atomic E-state index is 10.0. The number of anilines is 1. The van der Waals surface area contributed by atoms with Crippen LogP contribution in [0.5, 0.6) is 5.75 Å². The number of hydrogen-bond donors (Lipinski definition) is 3. The van der Waals surface area contributed by atoms with E-state index >= 15 is 0 Å². The zero-order valence-electron chi connectivity index (χ0n) is 11.9. The summed E-state index contributed by atoms with van der Waals surface area (Å²) in [4.78, 5) is 5.22. The molecule has 3 aromatic rings. The van der Waals surface area contributed by atoms with Crippen LogP contribution in [0, 0.1) is 0 Å². The molecule has 0 fully saturated rings. The van der Waals surface area contributed by atoms with Crippen LogP contribution < -0.4 is 10.0 Å². The van der Waals surface area contributed by atoms with Gasteiger partial charge in [-0.25, -0.2) is 4.99 Å². The largest absolute Gasteiger partial charge is 0.506 e. The Morgan fingerprint density at radius 2 is 1.87 bits per heavy atom. The molecule has 6 heteroatoms. The van der Waals surface area contributed by atoms with Crippen molar-refractivity contribution in [3.8, 4) is 5.75 Å². The van der Waals surface area contributed by atoms with Gasteiger partial charge in [0.2, 0.25) is 5.96 Å². The molecule has 1 aliphatic heterocycles. The molecule has 23 heavy (non-hydrogen) atoms. The fraction of sp³-hybridized carbons (Fsp3) is 0. The number of aliphatic imine (C=N–C) groups is 1. The minimum Gasteiger partial charge on any atom is -0.506 e. The van der Waals surface area contributed by atoms with Crippen LogP contribution in [-0.2, 0) is 0 Å². The monoisotopic (exact) mass is 341 g/mol. The number of halogens is 1. The number of phenolic OH excluding ortho intramolecular Hbond substituents is 1. The summed E-state index contributed by atoms with van der Waals surface area (Å²) in [5.74, 6) is 0.634. The topological polar surface area (TPSA) is 56.7 Å². The molecule has 0 bridgehead atoms. The highest BCUT2D eigenvalue weighted by Gasteiger charge is 2.17. The molecular formula is C17H12ClN3OS. The van der Waals surface area contributed by atoms with Crippen LogP contribution in [0.15, 0.2) is 64.5 Å². The molecular weight excluding hydrogens is 330 g/mol. The van der Waals surface area contributed by atoms with Gasteiger partial charge in [-0.2, -0.15) is 0 Å². The molecule has 3 aromatic carbocycles. The van der Waals surface area contributed by atoms with Crippen molar-refractivity contribution in [3.63, 3.8) is 0 Å². The summed E-state index contributed by atoms with van der Waals surface area (Å²) in [7, 11) is 0. The van der Waals surface area contributed by atoms with Gasteiger partial charge in [0.1, 0.15) is 11.4 Å². The molecule has 0 aliphatic carbocycles. The first kappa shape index (κ1) is 14.2. The van der Waals surface area contributed by atoms with E-state index in [1.54, 1.807) is 6.07 Å². The van der Waals surface area contributed by atoms with E-state index in [1.807, 2.05) is 18.2 Å². The fourth-order valence-corrected chi connectivity index (χ4v) is 3.46. The SMILES string of the molecule is Oc1cc(Cl)cc2c1N=C(Nc1ccc3ccccc3c1)NS2. The van der Waals surface area contributed by atoms with Crippen molar-refractivity contribution in [2.24, 2.45) is 4.99 Å². The maximum absolute atomic E-state index is 10.0. The first-order chi connectivity index (χ1) is 11.2. The first-order valence-corrected chi connectivity index (χ1v) is 8.18. The fourth-order valence-electron chi connectivity index (χ4n) is 2.45. The maximum Gasteiger partial charge on any atom is 0.211 e. The lowest BCUT2D eigenvalue weighted by atomic mass is 10.1. The lowest BCUT2D eigenvalue weighted by Gasteiger charge is -2.18. The van der Waals surface area contributed by atoms with Gasteiger partial charge in [0, 0.05) is 16.8 Å². The van der Waals surface area contributed by atoms with Crippen molar-refractivity contribution < 1.29 is 5.11 Å². The first-order valence-electron chi connectivity index (χ1n) is 6.99. The molecule has 0 unspecified atom stereocenters. The molecule has 0 spiro atoms. The highest BCUT2D eigenvalue weighted by atomic mass is 35.5. The second-order valence-corrected chi connectivity index (χ2v) is 6.41. The smallest absolute Gasteiger partial charge is 0.211 e. The van der Waals surface area contributed by atoms with E-state index in [1.165, 1.54) is 23.4 Å². The second-order valence-electron chi connectivity index (χ2n) is 5.12. The van der Waals surface area contributed by atoms with Crippen LogP contribution in [-0.4, -0.2) is 11.1 Å². The molecule has 0 saturated heterocycles. The van der Waals surface area contributed by atoms with E-state index in [-0.39, 0.29) is 5.75 Å². The summed E-state index contributed by atoms with van der Waals surface area (Å²) in [6.07, 6.45) is 0. The number of nitrogens with one attached hydrogen (secondary N) is 2.